The fourth-order valence-corrected chi connectivity index (χ4v) is 2.19. The highest BCUT2D eigenvalue weighted by molar-refractivity contribution is 5.31. The van der Waals surface area contributed by atoms with Crippen molar-refractivity contribution in [1.82, 2.24) is 5.32 Å². The maximum Gasteiger partial charge on any atom is 0.120 e. The molecule has 0 fully saturated rings. The van der Waals surface area contributed by atoms with Crippen LogP contribution in [0.25, 0.3) is 0 Å². The van der Waals surface area contributed by atoms with Crippen LogP contribution in [0.15, 0.2) is 24.3 Å². The molecule has 1 aromatic carbocycles. The van der Waals surface area contributed by atoms with Gasteiger partial charge in [-0.2, -0.15) is 0 Å². The summed E-state index contributed by atoms with van der Waals surface area (Å²) in [6.45, 7) is 12.0. The first kappa shape index (κ1) is 16.0. The Bertz CT molecular complexity index is 366. The van der Waals surface area contributed by atoms with Crippen molar-refractivity contribution in [2.75, 3.05) is 13.2 Å². The zero-order chi connectivity index (χ0) is 14.3. The lowest BCUT2D eigenvalue weighted by molar-refractivity contribution is 0.0476. The summed E-state index contributed by atoms with van der Waals surface area (Å²) in [7, 11) is 0. The van der Waals surface area contributed by atoms with Gasteiger partial charge >= 0.3 is 0 Å². The Morgan fingerprint density at radius 2 is 1.89 bits per heavy atom. The molecule has 3 nitrogen and oxygen atoms in total. The highest BCUT2D eigenvalue weighted by Gasteiger charge is 2.19. The highest BCUT2D eigenvalue weighted by Crippen LogP contribution is 2.24. The third kappa shape index (κ3) is 5.21. The summed E-state index contributed by atoms with van der Waals surface area (Å²) in [4.78, 5) is 0. The molecule has 0 radical (unpaired) electrons. The second kappa shape index (κ2) is 8.18. The van der Waals surface area contributed by atoms with Crippen LogP contribution in [0.4, 0.5) is 0 Å². The number of nitrogens with one attached hydrogen (secondary N) is 1. The van der Waals surface area contributed by atoms with Gasteiger partial charge in [-0.1, -0.05) is 19.1 Å². The summed E-state index contributed by atoms with van der Waals surface area (Å²) >= 11 is 0. The molecule has 2 unspecified atom stereocenters. The van der Waals surface area contributed by atoms with E-state index in [1.165, 1.54) is 5.56 Å². The van der Waals surface area contributed by atoms with Gasteiger partial charge in [0.2, 0.25) is 0 Å². The molecule has 0 amide bonds. The predicted molar refractivity (Wildman–Crippen MR) is 79.7 cm³/mol. The Morgan fingerprint density at radius 1 is 1.16 bits per heavy atom. The van der Waals surface area contributed by atoms with Crippen LogP contribution in [0.5, 0.6) is 5.75 Å². The van der Waals surface area contributed by atoms with Gasteiger partial charge in [0.15, 0.2) is 0 Å². The van der Waals surface area contributed by atoms with E-state index in [1.807, 2.05) is 32.9 Å². The third-order valence-electron chi connectivity index (χ3n) is 2.91. The molecule has 2 atom stereocenters. The lowest BCUT2D eigenvalue weighted by atomic mass is 10.0. The van der Waals surface area contributed by atoms with Gasteiger partial charge < -0.3 is 14.8 Å². The number of ether oxygens (including phenoxy) is 2. The largest absolute Gasteiger partial charge is 0.491 e. The Labute approximate surface area is 117 Å². The standard InChI is InChI=1S/C16H27NO2/c1-6-17-16(13(5)18-7-2)14-9-8-10-15(11-14)19-12(3)4/h8-13,16-17H,6-7H2,1-5H3. The van der Waals surface area contributed by atoms with Crippen LogP contribution in [0.2, 0.25) is 0 Å². The van der Waals surface area contributed by atoms with Crippen molar-refractivity contribution < 1.29 is 9.47 Å². The van der Waals surface area contributed by atoms with Crippen molar-refractivity contribution in [3.63, 3.8) is 0 Å². The molecule has 108 valence electrons. The third-order valence-corrected chi connectivity index (χ3v) is 2.91. The molecule has 0 bridgehead atoms. The second-order valence-electron chi connectivity index (χ2n) is 4.93. The summed E-state index contributed by atoms with van der Waals surface area (Å²) < 4.78 is 11.5. The summed E-state index contributed by atoms with van der Waals surface area (Å²) in [5.74, 6) is 0.916. The molecule has 0 spiro atoms. The fourth-order valence-electron chi connectivity index (χ4n) is 2.19. The zero-order valence-electron chi connectivity index (χ0n) is 12.8. The van der Waals surface area contributed by atoms with Crippen LogP contribution in [-0.2, 0) is 4.74 Å². The first-order valence-electron chi connectivity index (χ1n) is 7.20. The van der Waals surface area contributed by atoms with E-state index in [4.69, 9.17) is 9.47 Å². The predicted octanol–water partition coefficient (Wildman–Crippen LogP) is 3.55. The Balaban J connectivity index is 2.88. The molecule has 1 rings (SSSR count). The molecular weight excluding hydrogens is 238 g/mol. The lowest BCUT2D eigenvalue weighted by Gasteiger charge is -2.25. The molecule has 1 N–H and O–H groups in total. The van der Waals surface area contributed by atoms with E-state index in [2.05, 4.69) is 31.3 Å². The van der Waals surface area contributed by atoms with Crippen LogP contribution in [-0.4, -0.2) is 25.4 Å². The monoisotopic (exact) mass is 265 g/mol. The van der Waals surface area contributed by atoms with Crippen LogP contribution in [0.1, 0.15) is 46.2 Å². The topological polar surface area (TPSA) is 30.5 Å². The van der Waals surface area contributed by atoms with Crippen LogP contribution < -0.4 is 10.1 Å². The molecule has 0 saturated heterocycles. The van der Waals surface area contributed by atoms with Gasteiger partial charge in [0.05, 0.1) is 18.2 Å². The number of benzene rings is 1. The average molecular weight is 265 g/mol. The highest BCUT2D eigenvalue weighted by atomic mass is 16.5. The van der Waals surface area contributed by atoms with Gasteiger partial charge in [-0.05, 0) is 51.9 Å². The summed E-state index contributed by atoms with van der Waals surface area (Å²) in [6, 6.07) is 8.45. The molecule has 0 heterocycles. The molecule has 19 heavy (non-hydrogen) atoms. The molecule has 1 aromatic rings. The quantitative estimate of drug-likeness (QED) is 0.779. The molecule has 0 saturated carbocycles. The lowest BCUT2D eigenvalue weighted by Crippen LogP contribution is -2.32. The Kier molecular flexibility index (Phi) is 6.89. The molecule has 0 aliphatic rings. The maximum absolute atomic E-state index is 5.75. The van der Waals surface area contributed by atoms with Crippen LogP contribution >= 0.6 is 0 Å². The Hall–Kier alpha value is -1.06. The van der Waals surface area contributed by atoms with Gasteiger partial charge in [-0.25, -0.2) is 0 Å². The number of likely N-dealkylation sites (N-methyl/N-ethyl adjacent to an activating group) is 1. The molecule has 0 aromatic heterocycles. The van der Waals surface area contributed by atoms with E-state index in [9.17, 15) is 0 Å². The van der Waals surface area contributed by atoms with E-state index in [1.54, 1.807) is 0 Å². The van der Waals surface area contributed by atoms with Gasteiger partial charge in [0.1, 0.15) is 5.75 Å². The number of hydrogen-bond acceptors (Lipinski definition) is 3. The fraction of sp³-hybridized carbons (Fsp3) is 0.625. The first-order chi connectivity index (χ1) is 9.08. The summed E-state index contributed by atoms with van der Waals surface area (Å²) in [6.07, 6.45) is 0.330. The summed E-state index contributed by atoms with van der Waals surface area (Å²) in [5.41, 5.74) is 1.21. The Morgan fingerprint density at radius 3 is 2.47 bits per heavy atom. The number of hydrogen-bond donors (Lipinski definition) is 1. The number of rotatable bonds is 8. The zero-order valence-corrected chi connectivity index (χ0v) is 12.8. The SMILES string of the molecule is CCNC(c1cccc(OC(C)C)c1)C(C)OCC. The van der Waals surface area contributed by atoms with Crippen molar-refractivity contribution in [3.05, 3.63) is 29.8 Å². The van der Waals surface area contributed by atoms with E-state index >= 15 is 0 Å². The summed E-state index contributed by atoms with van der Waals surface area (Å²) in [5, 5.41) is 3.48. The second-order valence-corrected chi connectivity index (χ2v) is 4.93. The van der Waals surface area contributed by atoms with E-state index in [0.717, 1.165) is 18.9 Å². The normalized spacial score (nSPS) is 14.4. The van der Waals surface area contributed by atoms with E-state index in [-0.39, 0.29) is 18.2 Å². The molecular formula is C16H27NO2. The van der Waals surface area contributed by atoms with Crippen molar-refractivity contribution in [1.29, 1.82) is 0 Å². The van der Waals surface area contributed by atoms with Gasteiger partial charge in [0.25, 0.3) is 0 Å². The van der Waals surface area contributed by atoms with Gasteiger partial charge in [0, 0.05) is 6.61 Å². The molecule has 0 aliphatic carbocycles. The minimum atomic E-state index is 0.138. The van der Waals surface area contributed by atoms with Crippen LogP contribution in [0, 0.1) is 0 Å². The van der Waals surface area contributed by atoms with Gasteiger partial charge in [-0.3, -0.25) is 0 Å². The van der Waals surface area contributed by atoms with Gasteiger partial charge in [-0.15, -0.1) is 0 Å². The molecule has 0 aliphatic heterocycles. The van der Waals surface area contributed by atoms with Crippen LogP contribution in [0.3, 0.4) is 0 Å². The van der Waals surface area contributed by atoms with Crippen molar-refractivity contribution in [3.8, 4) is 5.75 Å². The van der Waals surface area contributed by atoms with E-state index < -0.39 is 0 Å². The molecule has 3 heteroatoms. The van der Waals surface area contributed by atoms with Crippen molar-refractivity contribution in [2.24, 2.45) is 0 Å². The van der Waals surface area contributed by atoms with E-state index in [0.29, 0.717) is 0 Å². The maximum atomic E-state index is 5.75. The smallest absolute Gasteiger partial charge is 0.120 e. The van der Waals surface area contributed by atoms with Crippen molar-refractivity contribution in [2.45, 2.75) is 52.9 Å². The minimum absolute atomic E-state index is 0.138. The first-order valence-corrected chi connectivity index (χ1v) is 7.20. The minimum Gasteiger partial charge on any atom is -0.491 e. The average Bonchev–Trinajstić information content (AvgIpc) is 2.35. The van der Waals surface area contributed by atoms with Crippen molar-refractivity contribution >= 4 is 0 Å².